The lowest BCUT2D eigenvalue weighted by Crippen LogP contribution is -2.24. The third-order valence-electron chi connectivity index (χ3n) is 2.60. The van der Waals surface area contributed by atoms with Gasteiger partial charge in [-0.25, -0.2) is 22.3 Å². The molecule has 0 aliphatic carbocycles. The average Bonchev–Trinajstić information content (AvgIpc) is 2.89. The summed E-state index contributed by atoms with van der Waals surface area (Å²) in [5, 5.41) is 8.80. The number of hydrogen-bond donors (Lipinski definition) is 3. The van der Waals surface area contributed by atoms with Crippen LogP contribution in [0.1, 0.15) is 15.9 Å². The highest BCUT2D eigenvalue weighted by molar-refractivity contribution is 7.89. The van der Waals surface area contributed by atoms with Crippen molar-refractivity contribution in [3.8, 4) is 0 Å². The number of aromatic amines is 1. The van der Waals surface area contributed by atoms with Crippen LogP contribution in [-0.4, -0.2) is 24.5 Å². The van der Waals surface area contributed by atoms with Crippen molar-refractivity contribution in [2.24, 2.45) is 0 Å². The molecule has 1 aromatic carbocycles. The summed E-state index contributed by atoms with van der Waals surface area (Å²) in [5.74, 6) is -2.33. The van der Waals surface area contributed by atoms with Crippen molar-refractivity contribution in [1.82, 2.24) is 9.71 Å². The van der Waals surface area contributed by atoms with E-state index in [0.717, 1.165) is 18.2 Å². The van der Waals surface area contributed by atoms with E-state index in [-0.39, 0.29) is 12.1 Å². The molecule has 0 saturated heterocycles. The highest BCUT2D eigenvalue weighted by Crippen LogP contribution is 2.17. The first-order chi connectivity index (χ1) is 9.40. The second-order valence-electron chi connectivity index (χ2n) is 3.99. The third kappa shape index (κ3) is 3.03. The first-order valence-corrected chi connectivity index (χ1v) is 7.02. The van der Waals surface area contributed by atoms with Crippen LogP contribution >= 0.6 is 0 Å². The third-order valence-corrected chi connectivity index (χ3v) is 4.01. The molecular formula is C12H11FN2O4S. The SMILES string of the molecule is O=C(O)c1ccc(F)c(S(=O)(=O)NCc2cc[nH]c2)c1. The summed E-state index contributed by atoms with van der Waals surface area (Å²) in [6.45, 7) is -0.0252. The zero-order valence-electron chi connectivity index (χ0n) is 10.1. The number of hydrogen-bond acceptors (Lipinski definition) is 3. The number of aromatic carboxylic acids is 1. The molecule has 3 N–H and O–H groups in total. The van der Waals surface area contributed by atoms with E-state index in [1.54, 1.807) is 18.5 Å². The second kappa shape index (κ2) is 5.43. The van der Waals surface area contributed by atoms with E-state index in [9.17, 15) is 17.6 Å². The molecule has 0 radical (unpaired) electrons. The van der Waals surface area contributed by atoms with Crippen LogP contribution in [0.3, 0.4) is 0 Å². The Morgan fingerprint density at radius 3 is 2.70 bits per heavy atom. The van der Waals surface area contributed by atoms with Crippen LogP contribution in [0, 0.1) is 5.82 Å². The number of halogens is 1. The summed E-state index contributed by atoms with van der Waals surface area (Å²) in [6, 6.07) is 4.26. The molecule has 20 heavy (non-hydrogen) atoms. The predicted molar refractivity (Wildman–Crippen MR) is 68.2 cm³/mol. The monoisotopic (exact) mass is 298 g/mol. The first kappa shape index (κ1) is 14.2. The molecule has 1 heterocycles. The van der Waals surface area contributed by atoms with E-state index < -0.39 is 26.7 Å². The first-order valence-electron chi connectivity index (χ1n) is 5.54. The van der Waals surface area contributed by atoms with Gasteiger partial charge in [0.05, 0.1) is 5.56 Å². The molecule has 0 spiro atoms. The largest absolute Gasteiger partial charge is 0.478 e. The van der Waals surface area contributed by atoms with Crippen LogP contribution in [0.5, 0.6) is 0 Å². The Bertz CT molecular complexity index is 726. The Labute approximate surface area is 114 Å². The van der Waals surface area contributed by atoms with E-state index in [0.29, 0.717) is 5.56 Å². The molecule has 8 heteroatoms. The summed E-state index contributed by atoms with van der Waals surface area (Å²) in [5.41, 5.74) is 0.372. The zero-order valence-corrected chi connectivity index (χ0v) is 10.9. The highest BCUT2D eigenvalue weighted by Gasteiger charge is 2.20. The van der Waals surface area contributed by atoms with Crippen LogP contribution in [0.15, 0.2) is 41.6 Å². The van der Waals surface area contributed by atoms with Gasteiger partial charge in [-0.3, -0.25) is 0 Å². The molecule has 2 aromatic rings. The number of nitrogens with one attached hydrogen (secondary N) is 2. The van der Waals surface area contributed by atoms with Crippen molar-refractivity contribution in [3.63, 3.8) is 0 Å². The minimum absolute atomic E-state index is 0.0252. The molecule has 1 aromatic heterocycles. The van der Waals surface area contributed by atoms with Gasteiger partial charge < -0.3 is 10.1 Å². The molecule has 2 rings (SSSR count). The molecule has 0 aliphatic heterocycles. The Morgan fingerprint density at radius 1 is 1.35 bits per heavy atom. The normalized spacial score (nSPS) is 11.4. The van der Waals surface area contributed by atoms with E-state index in [1.165, 1.54) is 0 Å². The standard InChI is InChI=1S/C12H11FN2O4S/c13-10-2-1-9(12(16)17)5-11(10)20(18,19)15-7-8-3-4-14-6-8/h1-6,14-15H,7H2,(H,16,17). The number of sulfonamides is 1. The second-order valence-corrected chi connectivity index (χ2v) is 5.73. The summed E-state index contributed by atoms with van der Waals surface area (Å²) < 4.78 is 39.7. The van der Waals surface area contributed by atoms with Crippen molar-refractivity contribution in [1.29, 1.82) is 0 Å². The molecular weight excluding hydrogens is 287 g/mol. The summed E-state index contributed by atoms with van der Waals surface area (Å²) in [6.07, 6.45) is 3.21. The van der Waals surface area contributed by atoms with Crippen LogP contribution < -0.4 is 4.72 Å². The number of H-pyrrole nitrogens is 1. The van der Waals surface area contributed by atoms with Gasteiger partial charge in [0, 0.05) is 18.9 Å². The van der Waals surface area contributed by atoms with Crippen molar-refractivity contribution >= 4 is 16.0 Å². The van der Waals surface area contributed by atoms with Crippen LogP contribution in [0.25, 0.3) is 0 Å². The number of carbonyl (C=O) groups is 1. The van der Waals surface area contributed by atoms with Crippen molar-refractivity contribution < 1.29 is 22.7 Å². The summed E-state index contributed by atoms with van der Waals surface area (Å²) in [7, 11) is -4.13. The molecule has 0 amide bonds. The smallest absolute Gasteiger partial charge is 0.335 e. The van der Waals surface area contributed by atoms with Gasteiger partial charge in [-0.1, -0.05) is 0 Å². The van der Waals surface area contributed by atoms with Gasteiger partial charge in [-0.15, -0.1) is 0 Å². The lowest BCUT2D eigenvalue weighted by molar-refractivity contribution is 0.0696. The number of carboxylic acids is 1. The Hall–Kier alpha value is -2.19. The van der Waals surface area contributed by atoms with Gasteiger partial charge in [0.2, 0.25) is 10.0 Å². The lowest BCUT2D eigenvalue weighted by Gasteiger charge is -2.07. The molecule has 0 aliphatic rings. The Balaban J connectivity index is 2.28. The minimum Gasteiger partial charge on any atom is -0.478 e. The maximum atomic E-state index is 13.6. The number of benzene rings is 1. The van der Waals surface area contributed by atoms with Gasteiger partial charge in [0.15, 0.2) is 0 Å². The van der Waals surface area contributed by atoms with Crippen LogP contribution in [0.4, 0.5) is 4.39 Å². The highest BCUT2D eigenvalue weighted by atomic mass is 32.2. The molecule has 106 valence electrons. The van der Waals surface area contributed by atoms with Gasteiger partial charge in [0.25, 0.3) is 0 Å². The molecule has 0 atom stereocenters. The van der Waals surface area contributed by atoms with Crippen molar-refractivity contribution in [3.05, 3.63) is 53.6 Å². The maximum absolute atomic E-state index is 13.6. The molecule has 0 fully saturated rings. The van der Waals surface area contributed by atoms with Gasteiger partial charge in [-0.05, 0) is 29.8 Å². The van der Waals surface area contributed by atoms with Crippen molar-refractivity contribution in [2.45, 2.75) is 11.4 Å². The van der Waals surface area contributed by atoms with E-state index >= 15 is 0 Å². The maximum Gasteiger partial charge on any atom is 0.335 e. The summed E-state index contributed by atoms with van der Waals surface area (Å²) in [4.78, 5) is 12.9. The van der Waals surface area contributed by atoms with E-state index in [4.69, 9.17) is 5.11 Å². The zero-order chi connectivity index (χ0) is 14.8. The van der Waals surface area contributed by atoms with Gasteiger partial charge in [0.1, 0.15) is 10.7 Å². The molecule has 6 nitrogen and oxygen atoms in total. The van der Waals surface area contributed by atoms with E-state index in [2.05, 4.69) is 9.71 Å². The van der Waals surface area contributed by atoms with Crippen LogP contribution in [-0.2, 0) is 16.6 Å². The van der Waals surface area contributed by atoms with Crippen LogP contribution in [0.2, 0.25) is 0 Å². The quantitative estimate of drug-likeness (QED) is 0.775. The molecule has 0 unspecified atom stereocenters. The minimum atomic E-state index is -4.13. The average molecular weight is 298 g/mol. The van der Waals surface area contributed by atoms with Crippen molar-refractivity contribution in [2.75, 3.05) is 0 Å². The fourth-order valence-electron chi connectivity index (χ4n) is 1.57. The predicted octanol–water partition coefficient (Wildman–Crippen LogP) is 1.33. The molecule has 0 saturated carbocycles. The number of aromatic nitrogens is 1. The Morgan fingerprint density at radius 2 is 2.10 bits per heavy atom. The Kier molecular flexibility index (Phi) is 3.86. The van der Waals surface area contributed by atoms with Gasteiger partial charge in [-0.2, -0.15) is 0 Å². The fraction of sp³-hybridized carbons (Fsp3) is 0.0833. The fourth-order valence-corrected chi connectivity index (χ4v) is 2.69. The number of rotatable bonds is 5. The lowest BCUT2D eigenvalue weighted by atomic mass is 10.2. The topological polar surface area (TPSA) is 99.3 Å². The summed E-state index contributed by atoms with van der Waals surface area (Å²) >= 11 is 0. The number of carboxylic acid groups (broad SMARTS) is 1. The van der Waals surface area contributed by atoms with E-state index in [1.807, 2.05) is 0 Å². The molecule has 0 bridgehead atoms. The van der Waals surface area contributed by atoms with Gasteiger partial charge >= 0.3 is 5.97 Å².